The number of halogens is 2. The van der Waals surface area contributed by atoms with E-state index < -0.39 is 12.0 Å². The summed E-state index contributed by atoms with van der Waals surface area (Å²) in [6.45, 7) is 1.21. The number of nitrogens with one attached hydrogen (secondary N) is 1. The fourth-order valence-corrected chi connectivity index (χ4v) is 2.84. The molecule has 0 aliphatic carbocycles. The van der Waals surface area contributed by atoms with Gasteiger partial charge in [0, 0.05) is 29.1 Å². The van der Waals surface area contributed by atoms with Gasteiger partial charge in [-0.15, -0.1) is 0 Å². The minimum Gasteiger partial charge on any atom is -0.480 e. The van der Waals surface area contributed by atoms with Crippen molar-refractivity contribution in [2.45, 2.75) is 6.04 Å². The van der Waals surface area contributed by atoms with Crippen molar-refractivity contribution >= 4 is 39.4 Å². The number of hydrogen-bond donors (Lipinski definition) is 2. The number of amides is 1. The van der Waals surface area contributed by atoms with Gasteiger partial charge >= 0.3 is 5.97 Å². The van der Waals surface area contributed by atoms with Crippen LogP contribution in [0.25, 0.3) is 0 Å². The Morgan fingerprint density at radius 2 is 2.21 bits per heavy atom. The van der Waals surface area contributed by atoms with E-state index in [0.717, 1.165) is 0 Å². The van der Waals surface area contributed by atoms with Crippen LogP contribution in [-0.2, 0) is 4.79 Å². The molecule has 1 saturated heterocycles. The molecule has 1 aromatic rings. The molecule has 0 bridgehead atoms. The molecule has 1 aliphatic heterocycles. The fourth-order valence-electron chi connectivity index (χ4n) is 1.99. The Kier molecular flexibility index (Phi) is 4.44. The zero-order chi connectivity index (χ0) is 14.0. The predicted octanol–water partition coefficient (Wildman–Crippen LogP) is 1.60. The topological polar surface area (TPSA) is 69.6 Å². The highest BCUT2D eigenvalue weighted by Crippen LogP contribution is 2.23. The zero-order valence-corrected chi connectivity index (χ0v) is 12.2. The lowest BCUT2D eigenvalue weighted by Crippen LogP contribution is -2.57. The normalized spacial score (nSPS) is 19.3. The van der Waals surface area contributed by atoms with E-state index in [4.69, 9.17) is 16.7 Å². The first-order valence-corrected chi connectivity index (χ1v) is 6.87. The quantitative estimate of drug-likeness (QED) is 0.852. The average Bonchev–Trinajstić information content (AvgIpc) is 2.38. The lowest BCUT2D eigenvalue weighted by molar-refractivity contribution is -0.142. The number of rotatable bonds is 2. The van der Waals surface area contributed by atoms with E-state index in [9.17, 15) is 9.59 Å². The summed E-state index contributed by atoms with van der Waals surface area (Å²) >= 11 is 9.10. The van der Waals surface area contributed by atoms with Gasteiger partial charge in [0.25, 0.3) is 5.91 Å². The molecule has 0 aromatic heterocycles. The van der Waals surface area contributed by atoms with Crippen LogP contribution in [-0.4, -0.2) is 47.6 Å². The first-order chi connectivity index (χ1) is 9.00. The third-order valence-corrected chi connectivity index (χ3v) is 3.84. The Morgan fingerprint density at radius 1 is 1.47 bits per heavy atom. The maximum Gasteiger partial charge on any atom is 0.327 e. The second-order valence-corrected chi connectivity index (χ2v) is 5.47. The van der Waals surface area contributed by atoms with Gasteiger partial charge in [0.15, 0.2) is 0 Å². The van der Waals surface area contributed by atoms with E-state index in [-0.39, 0.29) is 12.5 Å². The van der Waals surface area contributed by atoms with Crippen LogP contribution in [0.3, 0.4) is 0 Å². The van der Waals surface area contributed by atoms with Gasteiger partial charge in [0.1, 0.15) is 6.04 Å². The maximum absolute atomic E-state index is 12.4. The van der Waals surface area contributed by atoms with Gasteiger partial charge in [-0.05, 0) is 34.1 Å². The fraction of sp³-hybridized carbons (Fsp3) is 0.333. The Balaban J connectivity index is 2.28. The molecule has 7 heteroatoms. The molecule has 0 radical (unpaired) electrons. The number of carboxylic acids is 1. The van der Waals surface area contributed by atoms with Crippen molar-refractivity contribution in [2.24, 2.45) is 0 Å². The molecule has 2 N–H and O–H groups in total. The lowest BCUT2D eigenvalue weighted by Gasteiger charge is -2.33. The third-order valence-electron chi connectivity index (χ3n) is 2.95. The summed E-state index contributed by atoms with van der Waals surface area (Å²) in [6, 6.07) is 3.98. The van der Waals surface area contributed by atoms with E-state index in [1.165, 1.54) is 4.90 Å². The van der Waals surface area contributed by atoms with Crippen LogP contribution in [0.2, 0.25) is 5.02 Å². The van der Waals surface area contributed by atoms with Crippen LogP contribution < -0.4 is 5.32 Å². The molecule has 0 saturated carbocycles. The lowest BCUT2D eigenvalue weighted by atomic mass is 10.1. The summed E-state index contributed by atoms with van der Waals surface area (Å²) in [5, 5.41) is 12.6. The number of hydrogen-bond acceptors (Lipinski definition) is 3. The highest BCUT2D eigenvalue weighted by Gasteiger charge is 2.33. The van der Waals surface area contributed by atoms with Crippen LogP contribution in [0, 0.1) is 0 Å². The van der Waals surface area contributed by atoms with E-state index in [2.05, 4.69) is 21.2 Å². The van der Waals surface area contributed by atoms with Crippen LogP contribution in [0.1, 0.15) is 10.4 Å². The first-order valence-electron chi connectivity index (χ1n) is 5.70. The molecule has 1 amide bonds. The SMILES string of the molecule is O=C(O)C1CNCCN1C(=O)c1ccc(Cl)cc1Br. The molecular weight excluding hydrogens is 336 g/mol. The van der Waals surface area contributed by atoms with E-state index in [0.29, 0.717) is 28.1 Å². The van der Waals surface area contributed by atoms with Crippen LogP contribution in [0.5, 0.6) is 0 Å². The molecule has 1 heterocycles. The summed E-state index contributed by atoms with van der Waals surface area (Å²) in [6.07, 6.45) is 0. The van der Waals surface area contributed by atoms with E-state index in [1.54, 1.807) is 18.2 Å². The number of piperazine rings is 1. The van der Waals surface area contributed by atoms with E-state index in [1.807, 2.05) is 0 Å². The van der Waals surface area contributed by atoms with Gasteiger partial charge in [-0.3, -0.25) is 4.79 Å². The van der Waals surface area contributed by atoms with Crippen LogP contribution in [0.15, 0.2) is 22.7 Å². The maximum atomic E-state index is 12.4. The Labute approximate surface area is 123 Å². The van der Waals surface area contributed by atoms with E-state index >= 15 is 0 Å². The molecule has 19 heavy (non-hydrogen) atoms. The summed E-state index contributed by atoms with van der Waals surface area (Å²) in [7, 11) is 0. The Morgan fingerprint density at radius 3 is 2.84 bits per heavy atom. The van der Waals surface area contributed by atoms with Gasteiger partial charge in [0.2, 0.25) is 0 Å². The van der Waals surface area contributed by atoms with Crippen molar-refractivity contribution in [2.75, 3.05) is 19.6 Å². The first kappa shape index (κ1) is 14.3. The largest absolute Gasteiger partial charge is 0.480 e. The molecule has 102 valence electrons. The molecule has 2 rings (SSSR count). The van der Waals surface area contributed by atoms with Crippen molar-refractivity contribution in [3.63, 3.8) is 0 Å². The second-order valence-electron chi connectivity index (χ2n) is 4.18. The van der Waals surface area contributed by atoms with Crippen molar-refractivity contribution < 1.29 is 14.7 Å². The number of benzene rings is 1. The van der Waals surface area contributed by atoms with Crippen LogP contribution in [0.4, 0.5) is 0 Å². The summed E-state index contributed by atoms with van der Waals surface area (Å²) in [4.78, 5) is 24.9. The summed E-state index contributed by atoms with van der Waals surface area (Å²) < 4.78 is 0.563. The van der Waals surface area contributed by atoms with Crippen molar-refractivity contribution in [1.29, 1.82) is 0 Å². The average molecular weight is 348 g/mol. The van der Waals surface area contributed by atoms with Crippen molar-refractivity contribution in [3.8, 4) is 0 Å². The number of nitrogens with zero attached hydrogens (tertiary/aromatic N) is 1. The molecule has 0 spiro atoms. The molecule has 1 aromatic carbocycles. The van der Waals surface area contributed by atoms with Gasteiger partial charge in [-0.25, -0.2) is 4.79 Å². The number of carbonyl (C=O) groups excluding carboxylic acids is 1. The predicted molar refractivity (Wildman–Crippen MR) is 74.5 cm³/mol. The molecular formula is C12H12BrClN2O3. The Hall–Kier alpha value is -1.11. The molecule has 1 unspecified atom stereocenters. The number of aliphatic carboxylic acids is 1. The molecule has 5 nitrogen and oxygen atoms in total. The van der Waals surface area contributed by atoms with Gasteiger partial charge in [0.05, 0.1) is 5.56 Å². The van der Waals surface area contributed by atoms with Gasteiger partial charge < -0.3 is 15.3 Å². The molecule has 1 fully saturated rings. The van der Waals surface area contributed by atoms with Crippen molar-refractivity contribution in [1.82, 2.24) is 10.2 Å². The minimum absolute atomic E-state index is 0.256. The summed E-state index contributed by atoms with van der Waals surface area (Å²) in [5.41, 5.74) is 0.414. The number of carboxylic acid groups (broad SMARTS) is 1. The van der Waals surface area contributed by atoms with Crippen molar-refractivity contribution in [3.05, 3.63) is 33.3 Å². The third kappa shape index (κ3) is 3.08. The summed E-state index contributed by atoms with van der Waals surface area (Å²) in [5.74, 6) is -1.32. The Bertz CT molecular complexity index is 524. The molecule has 1 atom stereocenters. The van der Waals surface area contributed by atoms with Crippen LogP contribution >= 0.6 is 27.5 Å². The second kappa shape index (κ2) is 5.90. The highest BCUT2D eigenvalue weighted by atomic mass is 79.9. The highest BCUT2D eigenvalue weighted by molar-refractivity contribution is 9.10. The smallest absolute Gasteiger partial charge is 0.327 e. The number of carbonyl (C=O) groups is 2. The standard InChI is InChI=1S/C12H12BrClN2O3/c13-9-5-7(14)1-2-8(9)11(17)16-4-3-15-6-10(16)12(18)19/h1-2,5,10,15H,3-4,6H2,(H,18,19). The zero-order valence-electron chi connectivity index (χ0n) is 9.90. The van der Waals surface area contributed by atoms with Gasteiger partial charge in [-0.2, -0.15) is 0 Å². The minimum atomic E-state index is -1.01. The van der Waals surface area contributed by atoms with Gasteiger partial charge in [-0.1, -0.05) is 11.6 Å². The monoisotopic (exact) mass is 346 g/mol. The molecule has 1 aliphatic rings.